The average Bonchev–Trinajstić information content (AvgIpc) is 2.89. The zero-order chi connectivity index (χ0) is 25.5. The molecule has 3 aromatic carbocycles. The summed E-state index contributed by atoms with van der Waals surface area (Å²) >= 11 is 0. The number of amides is 4. The molecule has 1 aliphatic rings. The SMILES string of the molecule is CCOc1ccc(NC(=O)N2CCN(C(=O)[C@H](Cc3cccc4ccccc34)NC(C)=O)CC2)cc1. The fraction of sp³-hybridized carbons (Fsp3) is 0.321. The molecule has 1 fully saturated rings. The molecule has 3 aromatic rings. The number of carbonyl (C=O) groups excluding carboxylic acids is 3. The van der Waals surface area contributed by atoms with Gasteiger partial charge in [0.05, 0.1) is 6.61 Å². The lowest BCUT2D eigenvalue weighted by molar-refractivity contribution is -0.137. The van der Waals surface area contributed by atoms with Gasteiger partial charge in [-0.05, 0) is 47.5 Å². The van der Waals surface area contributed by atoms with Crippen LogP contribution in [0, 0.1) is 0 Å². The molecule has 1 aliphatic heterocycles. The Bertz CT molecular complexity index is 1210. The van der Waals surface area contributed by atoms with Crippen molar-refractivity contribution in [1.82, 2.24) is 15.1 Å². The molecule has 0 aromatic heterocycles. The van der Waals surface area contributed by atoms with E-state index in [-0.39, 0.29) is 17.8 Å². The van der Waals surface area contributed by atoms with Crippen molar-refractivity contribution in [2.24, 2.45) is 0 Å². The Hall–Kier alpha value is -4.07. The average molecular weight is 489 g/mol. The van der Waals surface area contributed by atoms with Gasteiger partial charge < -0.3 is 25.2 Å². The van der Waals surface area contributed by atoms with E-state index in [1.165, 1.54) is 6.92 Å². The van der Waals surface area contributed by atoms with Gasteiger partial charge in [-0.2, -0.15) is 0 Å². The summed E-state index contributed by atoms with van der Waals surface area (Å²) in [5.74, 6) is 0.367. The Kier molecular flexibility index (Phi) is 8.05. The molecule has 8 heteroatoms. The van der Waals surface area contributed by atoms with Crippen LogP contribution in [0.25, 0.3) is 10.8 Å². The van der Waals surface area contributed by atoms with E-state index in [2.05, 4.69) is 10.6 Å². The Morgan fingerprint density at radius 1 is 0.889 bits per heavy atom. The van der Waals surface area contributed by atoms with Gasteiger partial charge in [0.15, 0.2) is 0 Å². The number of benzene rings is 3. The van der Waals surface area contributed by atoms with Crippen molar-refractivity contribution < 1.29 is 19.1 Å². The molecular weight excluding hydrogens is 456 g/mol. The minimum atomic E-state index is -0.669. The predicted octanol–water partition coefficient (Wildman–Crippen LogP) is 3.66. The van der Waals surface area contributed by atoms with Gasteiger partial charge in [-0.15, -0.1) is 0 Å². The van der Waals surface area contributed by atoms with Crippen LogP contribution < -0.4 is 15.4 Å². The van der Waals surface area contributed by atoms with Crippen LogP contribution in [0.1, 0.15) is 19.4 Å². The summed E-state index contributed by atoms with van der Waals surface area (Å²) in [5.41, 5.74) is 1.69. The van der Waals surface area contributed by atoms with E-state index in [4.69, 9.17) is 4.74 Å². The zero-order valence-electron chi connectivity index (χ0n) is 20.7. The smallest absolute Gasteiger partial charge is 0.321 e. The summed E-state index contributed by atoms with van der Waals surface area (Å²) in [6.45, 7) is 5.56. The number of nitrogens with zero attached hydrogens (tertiary/aromatic N) is 2. The van der Waals surface area contributed by atoms with Gasteiger partial charge >= 0.3 is 6.03 Å². The molecule has 0 aliphatic carbocycles. The number of urea groups is 1. The lowest BCUT2D eigenvalue weighted by Crippen LogP contribution is -2.56. The molecule has 36 heavy (non-hydrogen) atoms. The van der Waals surface area contributed by atoms with Crippen LogP contribution in [0.2, 0.25) is 0 Å². The minimum absolute atomic E-state index is 0.135. The van der Waals surface area contributed by atoms with Crippen molar-refractivity contribution in [3.63, 3.8) is 0 Å². The fourth-order valence-corrected chi connectivity index (χ4v) is 4.49. The molecule has 0 radical (unpaired) electrons. The van der Waals surface area contributed by atoms with Gasteiger partial charge in [-0.1, -0.05) is 42.5 Å². The standard InChI is InChI=1S/C28H32N4O4/c1-3-36-24-13-11-23(12-14-24)30-28(35)32-17-15-31(16-18-32)27(34)26(29-20(2)33)19-22-9-6-8-21-7-4-5-10-25(21)22/h4-14,26H,3,15-19H2,1-2H3,(H,29,33)(H,30,35)/t26-/m0/s1. The number of nitrogens with one attached hydrogen (secondary N) is 2. The number of hydrogen-bond acceptors (Lipinski definition) is 4. The predicted molar refractivity (Wildman–Crippen MR) is 140 cm³/mol. The van der Waals surface area contributed by atoms with Crippen LogP contribution in [0.5, 0.6) is 5.75 Å². The number of piperazine rings is 1. The molecule has 0 bridgehead atoms. The van der Waals surface area contributed by atoms with Gasteiger partial charge in [-0.3, -0.25) is 9.59 Å². The van der Waals surface area contributed by atoms with E-state index in [0.717, 1.165) is 22.1 Å². The Labute approximate surface area is 211 Å². The van der Waals surface area contributed by atoms with Crippen LogP contribution in [0.4, 0.5) is 10.5 Å². The maximum atomic E-state index is 13.4. The third-order valence-corrected chi connectivity index (χ3v) is 6.27. The van der Waals surface area contributed by atoms with Crippen LogP contribution in [-0.2, 0) is 16.0 Å². The third-order valence-electron chi connectivity index (χ3n) is 6.27. The van der Waals surface area contributed by atoms with Crippen molar-refractivity contribution in [1.29, 1.82) is 0 Å². The molecule has 188 valence electrons. The molecule has 0 unspecified atom stereocenters. The molecule has 1 heterocycles. The van der Waals surface area contributed by atoms with Gasteiger partial charge in [0, 0.05) is 45.2 Å². The summed E-state index contributed by atoms with van der Waals surface area (Å²) in [6.07, 6.45) is 0.401. The van der Waals surface area contributed by atoms with E-state index in [0.29, 0.717) is 44.9 Å². The van der Waals surface area contributed by atoms with E-state index < -0.39 is 6.04 Å². The van der Waals surface area contributed by atoms with Gasteiger partial charge in [0.1, 0.15) is 11.8 Å². The Morgan fingerprint density at radius 2 is 1.56 bits per heavy atom. The van der Waals surface area contributed by atoms with Crippen LogP contribution >= 0.6 is 0 Å². The second kappa shape index (κ2) is 11.6. The first-order valence-corrected chi connectivity index (χ1v) is 12.3. The largest absolute Gasteiger partial charge is 0.494 e. The van der Waals surface area contributed by atoms with E-state index >= 15 is 0 Å². The molecule has 1 atom stereocenters. The highest BCUT2D eigenvalue weighted by Crippen LogP contribution is 2.21. The van der Waals surface area contributed by atoms with E-state index in [1.807, 2.05) is 61.5 Å². The first kappa shape index (κ1) is 25.0. The van der Waals surface area contributed by atoms with Crippen LogP contribution in [-0.4, -0.2) is 66.5 Å². The second-order valence-electron chi connectivity index (χ2n) is 8.80. The van der Waals surface area contributed by atoms with Crippen molar-refractivity contribution in [2.45, 2.75) is 26.3 Å². The van der Waals surface area contributed by atoms with Gasteiger partial charge in [0.25, 0.3) is 0 Å². The summed E-state index contributed by atoms with van der Waals surface area (Å²) in [5, 5.41) is 7.89. The highest BCUT2D eigenvalue weighted by molar-refractivity contribution is 5.91. The fourth-order valence-electron chi connectivity index (χ4n) is 4.49. The molecule has 8 nitrogen and oxygen atoms in total. The normalized spacial score (nSPS) is 14.3. The summed E-state index contributed by atoms with van der Waals surface area (Å²) in [6, 6.07) is 20.4. The lowest BCUT2D eigenvalue weighted by atomic mass is 9.98. The molecule has 4 rings (SSSR count). The Balaban J connectivity index is 1.37. The first-order valence-electron chi connectivity index (χ1n) is 12.3. The number of rotatable bonds is 7. The quantitative estimate of drug-likeness (QED) is 0.531. The van der Waals surface area contributed by atoms with Crippen molar-refractivity contribution in [3.05, 3.63) is 72.3 Å². The maximum absolute atomic E-state index is 13.4. The summed E-state index contributed by atoms with van der Waals surface area (Å²) in [7, 11) is 0. The number of carbonyl (C=O) groups is 3. The van der Waals surface area contributed by atoms with Crippen LogP contribution in [0.15, 0.2) is 66.7 Å². The molecule has 2 N–H and O–H groups in total. The monoisotopic (exact) mass is 488 g/mol. The minimum Gasteiger partial charge on any atom is -0.494 e. The topological polar surface area (TPSA) is 91.0 Å². The molecule has 4 amide bonds. The van der Waals surface area contributed by atoms with Crippen LogP contribution in [0.3, 0.4) is 0 Å². The first-order chi connectivity index (χ1) is 17.4. The highest BCUT2D eigenvalue weighted by Gasteiger charge is 2.30. The van der Waals surface area contributed by atoms with Crippen molar-refractivity contribution in [3.8, 4) is 5.75 Å². The summed E-state index contributed by atoms with van der Waals surface area (Å²) < 4.78 is 5.43. The number of anilines is 1. The number of ether oxygens (including phenoxy) is 1. The number of fused-ring (bicyclic) bond motifs is 1. The number of hydrogen-bond donors (Lipinski definition) is 2. The zero-order valence-corrected chi connectivity index (χ0v) is 20.7. The molecular formula is C28H32N4O4. The second-order valence-corrected chi connectivity index (χ2v) is 8.80. The summed E-state index contributed by atoms with van der Waals surface area (Å²) in [4.78, 5) is 41.5. The van der Waals surface area contributed by atoms with E-state index in [9.17, 15) is 14.4 Å². The maximum Gasteiger partial charge on any atom is 0.321 e. The molecule has 0 saturated carbocycles. The van der Waals surface area contributed by atoms with Crippen molar-refractivity contribution >= 4 is 34.3 Å². The lowest BCUT2D eigenvalue weighted by Gasteiger charge is -2.36. The molecule has 0 spiro atoms. The third kappa shape index (κ3) is 6.13. The molecule has 1 saturated heterocycles. The van der Waals surface area contributed by atoms with Gasteiger partial charge in [0.2, 0.25) is 11.8 Å². The van der Waals surface area contributed by atoms with Gasteiger partial charge in [-0.25, -0.2) is 4.79 Å². The highest BCUT2D eigenvalue weighted by atomic mass is 16.5. The Morgan fingerprint density at radius 3 is 2.25 bits per heavy atom. The van der Waals surface area contributed by atoms with Crippen molar-refractivity contribution in [2.75, 3.05) is 38.1 Å². The van der Waals surface area contributed by atoms with E-state index in [1.54, 1.807) is 21.9 Å².